The first-order valence-electron chi connectivity index (χ1n) is 12.3. The molecule has 7 nitrogen and oxygen atoms in total. The molecule has 2 fully saturated rings. The zero-order chi connectivity index (χ0) is 26.0. The molecule has 7 heteroatoms. The Morgan fingerprint density at radius 2 is 1.43 bits per heavy atom. The molecule has 1 aliphatic carbocycles. The molecule has 2 heterocycles. The summed E-state index contributed by atoms with van der Waals surface area (Å²) in [5.74, 6) is 2.43. The van der Waals surface area contributed by atoms with Gasteiger partial charge in [0.2, 0.25) is 0 Å². The molecule has 5 rings (SSSR count). The fourth-order valence-corrected chi connectivity index (χ4v) is 5.58. The molecule has 1 spiro atoms. The Morgan fingerprint density at radius 1 is 0.838 bits per heavy atom. The summed E-state index contributed by atoms with van der Waals surface area (Å²) in [4.78, 5) is 18.2. The highest BCUT2D eigenvalue weighted by Gasteiger charge is 2.58. The van der Waals surface area contributed by atoms with Crippen molar-refractivity contribution in [1.82, 2.24) is 4.98 Å². The van der Waals surface area contributed by atoms with Gasteiger partial charge < -0.3 is 23.7 Å². The molecule has 0 amide bonds. The number of carbonyl (C=O) groups excluding carboxylic acids is 1. The average molecular weight is 502 g/mol. The molecular weight excluding hydrogens is 470 g/mol. The van der Waals surface area contributed by atoms with Crippen molar-refractivity contribution in [1.29, 1.82) is 0 Å². The van der Waals surface area contributed by atoms with Crippen molar-refractivity contribution in [2.75, 3.05) is 28.4 Å². The van der Waals surface area contributed by atoms with E-state index >= 15 is 0 Å². The molecule has 1 saturated carbocycles. The van der Waals surface area contributed by atoms with E-state index in [4.69, 9.17) is 23.7 Å². The molecule has 3 aromatic rings. The molecule has 1 aromatic heterocycles. The smallest absolute Gasteiger partial charge is 0.191 e. The SMILES string of the molecule is COc1ccc(C2CCC3(O2)C(=O)/C(=C/c2ccncc2)CC3c2ccc(OC)c(OC)c2)cc1OC. The number of hydrogen-bond acceptors (Lipinski definition) is 7. The normalized spacial score (nSPS) is 24.0. The second-order valence-corrected chi connectivity index (χ2v) is 9.30. The Labute approximate surface area is 217 Å². The first-order chi connectivity index (χ1) is 18.0. The Bertz CT molecular complexity index is 1320. The van der Waals surface area contributed by atoms with Gasteiger partial charge in [0.1, 0.15) is 5.60 Å². The van der Waals surface area contributed by atoms with Crippen LogP contribution >= 0.6 is 0 Å². The Hall–Kier alpha value is -3.84. The number of Topliss-reactive ketones (excluding diaryl/α,β-unsaturated/α-hetero) is 1. The predicted octanol–water partition coefficient (Wildman–Crippen LogP) is 5.55. The van der Waals surface area contributed by atoms with E-state index in [1.807, 2.05) is 54.6 Å². The number of aromatic nitrogens is 1. The highest BCUT2D eigenvalue weighted by atomic mass is 16.5. The summed E-state index contributed by atoms with van der Waals surface area (Å²) in [6.07, 6.45) is 7.06. The lowest BCUT2D eigenvalue weighted by atomic mass is 9.82. The summed E-state index contributed by atoms with van der Waals surface area (Å²) >= 11 is 0. The topological polar surface area (TPSA) is 76.1 Å². The van der Waals surface area contributed by atoms with Crippen LogP contribution in [0.15, 0.2) is 66.5 Å². The van der Waals surface area contributed by atoms with Crippen molar-refractivity contribution in [2.24, 2.45) is 0 Å². The second kappa shape index (κ2) is 10.3. The Kier molecular flexibility index (Phi) is 6.89. The summed E-state index contributed by atoms with van der Waals surface area (Å²) in [5.41, 5.74) is 2.66. The van der Waals surface area contributed by atoms with Crippen LogP contribution in [0, 0.1) is 0 Å². The molecule has 192 valence electrons. The number of carbonyl (C=O) groups is 1. The molecule has 0 N–H and O–H groups in total. The van der Waals surface area contributed by atoms with E-state index < -0.39 is 5.60 Å². The van der Waals surface area contributed by atoms with Crippen LogP contribution in [0.1, 0.15) is 48.0 Å². The van der Waals surface area contributed by atoms with Crippen LogP contribution in [-0.4, -0.2) is 44.8 Å². The van der Waals surface area contributed by atoms with Gasteiger partial charge in [0.05, 0.1) is 34.5 Å². The number of benzene rings is 2. The number of nitrogens with zero attached hydrogens (tertiary/aromatic N) is 1. The van der Waals surface area contributed by atoms with Gasteiger partial charge in [-0.05, 0) is 84.0 Å². The number of methoxy groups -OCH3 is 4. The van der Waals surface area contributed by atoms with Gasteiger partial charge in [0.25, 0.3) is 0 Å². The minimum Gasteiger partial charge on any atom is -0.493 e. The van der Waals surface area contributed by atoms with E-state index in [2.05, 4.69) is 4.98 Å². The zero-order valence-corrected chi connectivity index (χ0v) is 21.5. The van der Waals surface area contributed by atoms with Crippen molar-refractivity contribution in [3.8, 4) is 23.0 Å². The van der Waals surface area contributed by atoms with E-state index in [-0.39, 0.29) is 17.8 Å². The van der Waals surface area contributed by atoms with Gasteiger partial charge in [-0.25, -0.2) is 0 Å². The van der Waals surface area contributed by atoms with E-state index in [0.717, 1.165) is 22.3 Å². The maximum atomic E-state index is 14.1. The van der Waals surface area contributed by atoms with Gasteiger partial charge >= 0.3 is 0 Å². The lowest BCUT2D eigenvalue weighted by Gasteiger charge is -2.30. The van der Waals surface area contributed by atoms with Crippen LogP contribution in [0.3, 0.4) is 0 Å². The molecule has 2 aliphatic rings. The molecule has 0 radical (unpaired) electrons. The number of hydrogen-bond donors (Lipinski definition) is 0. The van der Waals surface area contributed by atoms with Gasteiger partial charge in [0.15, 0.2) is 28.8 Å². The zero-order valence-electron chi connectivity index (χ0n) is 21.5. The maximum absolute atomic E-state index is 14.1. The Morgan fingerprint density at radius 3 is 2.05 bits per heavy atom. The number of rotatable bonds is 7. The van der Waals surface area contributed by atoms with Crippen LogP contribution in [0.2, 0.25) is 0 Å². The standard InChI is InChI=1S/C30H31NO6/c1-33-25-7-5-20(17-27(25)35-3)23-16-22(15-19-10-13-31-14-11-19)29(32)30(23)12-9-24(37-30)21-6-8-26(34-2)28(18-21)36-4/h5-8,10-11,13-15,17-18,23-24H,9,12,16H2,1-4H3/b22-15+. The molecule has 3 atom stereocenters. The number of pyridine rings is 1. The predicted molar refractivity (Wildman–Crippen MR) is 139 cm³/mol. The third-order valence-electron chi connectivity index (χ3n) is 7.43. The fraction of sp³-hybridized carbons (Fsp3) is 0.333. The minimum absolute atomic E-state index is 0.0343. The van der Waals surface area contributed by atoms with Crippen LogP contribution < -0.4 is 18.9 Å². The summed E-state index contributed by atoms with van der Waals surface area (Å²) in [6.45, 7) is 0. The van der Waals surface area contributed by atoms with Crippen LogP contribution in [0.5, 0.6) is 23.0 Å². The van der Waals surface area contributed by atoms with Crippen LogP contribution in [0.4, 0.5) is 0 Å². The highest BCUT2D eigenvalue weighted by Crippen LogP contribution is 2.56. The third kappa shape index (κ3) is 4.44. The summed E-state index contributed by atoms with van der Waals surface area (Å²) in [7, 11) is 6.45. The number of ether oxygens (including phenoxy) is 5. The third-order valence-corrected chi connectivity index (χ3v) is 7.43. The molecule has 1 aliphatic heterocycles. The highest BCUT2D eigenvalue weighted by molar-refractivity contribution is 6.09. The first-order valence-corrected chi connectivity index (χ1v) is 12.3. The van der Waals surface area contributed by atoms with Crippen molar-refractivity contribution >= 4 is 11.9 Å². The lowest BCUT2D eigenvalue weighted by molar-refractivity contribution is -0.138. The van der Waals surface area contributed by atoms with Crippen LogP contribution in [-0.2, 0) is 9.53 Å². The maximum Gasteiger partial charge on any atom is 0.191 e. The van der Waals surface area contributed by atoms with Crippen molar-refractivity contribution < 1.29 is 28.5 Å². The lowest BCUT2D eigenvalue weighted by Crippen LogP contribution is -2.38. The van der Waals surface area contributed by atoms with E-state index in [0.29, 0.717) is 42.3 Å². The number of ketones is 1. The molecule has 1 saturated heterocycles. The van der Waals surface area contributed by atoms with E-state index in [1.165, 1.54) is 0 Å². The van der Waals surface area contributed by atoms with Crippen molar-refractivity contribution in [3.05, 3.63) is 83.2 Å². The average Bonchev–Trinajstić information content (AvgIpc) is 3.51. The summed E-state index contributed by atoms with van der Waals surface area (Å²) in [6, 6.07) is 15.4. The minimum atomic E-state index is -0.976. The van der Waals surface area contributed by atoms with Gasteiger partial charge in [-0.15, -0.1) is 0 Å². The van der Waals surface area contributed by atoms with Crippen LogP contribution in [0.25, 0.3) is 6.08 Å². The fourth-order valence-electron chi connectivity index (χ4n) is 5.58. The van der Waals surface area contributed by atoms with Crippen molar-refractivity contribution in [3.63, 3.8) is 0 Å². The van der Waals surface area contributed by atoms with Gasteiger partial charge in [-0.1, -0.05) is 12.1 Å². The largest absolute Gasteiger partial charge is 0.493 e. The first kappa shape index (κ1) is 24.8. The molecule has 3 unspecified atom stereocenters. The summed E-state index contributed by atoms with van der Waals surface area (Å²) < 4.78 is 28.7. The van der Waals surface area contributed by atoms with Gasteiger partial charge in [-0.3, -0.25) is 9.78 Å². The van der Waals surface area contributed by atoms with Gasteiger partial charge in [0, 0.05) is 18.3 Å². The molecule has 2 aromatic carbocycles. The molecule has 0 bridgehead atoms. The molecular formula is C30H31NO6. The quantitative estimate of drug-likeness (QED) is 0.393. The van der Waals surface area contributed by atoms with Crippen molar-refractivity contribution in [2.45, 2.75) is 36.9 Å². The Balaban J connectivity index is 1.55. The van der Waals surface area contributed by atoms with E-state index in [1.54, 1.807) is 40.8 Å². The second-order valence-electron chi connectivity index (χ2n) is 9.30. The summed E-state index contributed by atoms with van der Waals surface area (Å²) in [5, 5.41) is 0. The monoisotopic (exact) mass is 501 g/mol. The van der Waals surface area contributed by atoms with E-state index in [9.17, 15) is 4.79 Å². The molecule has 37 heavy (non-hydrogen) atoms. The van der Waals surface area contributed by atoms with Gasteiger partial charge in [-0.2, -0.15) is 0 Å².